The van der Waals surface area contributed by atoms with Crippen LogP contribution in [0.4, 0.5) is 0 Å². The number of nitrogens with two attached hydrogens (primary N) is 1. The predicted molar refractivity (Wildman–Crippen MR) is 103 cm³/mol. The topological polar surface area (TPSA) is 96.3 Å². The molecule has 0 saturated heterocycles. The number of Topliss-reactive ketones (excluding diaryl/α,β-unsaturated/α-hetero) is 1. The van der Waals surface area contributed by atoms with Gasteiger partial charge in [-0.2, -0.15) is 5.26 Å². The summed E-state index contributed by atoms with van der Waals surface area (Å²) in [6.45, 7) is 6.30. The highest BCUT2D eigenvalue weighted by molar-refractivity contribution is 5.96. The van der Waals surface area contributed by atoms with Crippen molar-refractivity contribution in [1.82, 2.24) is 0 Å². The average molecular weight is 360 g/mol. The van der Waals surface area contributed by atoms with E-state index in [0.717, 1.165) is 32.1 Å². The number of nitrogens with zero attached hydrogens (tertiary/aromatic N) is 1. The fourth-order valence-corrected chi connectivity index (χ4v) is 2.68. The lowest BCUT2D eigenvalue weighted by Gasteiger charge is -2.22. The summed E-state index contributed by atoms with van der Waals surface area (Å²) in [5, 5.41) is 19.5. The van der Waals surface area contributed by atoms with Crippen molar-refractivity contribution in [2.45, 2.75) is 71.4 Å². The van der Waals surface area contributed by atoms with Gasteiger partial charge in [0.2, 0.25) is 0 Å². The molecule has 0 amide bonds. The van der Waals surface area contributed by atoms with Gasteiger partial charge in [-0.1, -0.05) is 40.0 Å². The molecule has 0 spiro atoms. The van der Waals surface area contributed by atoms with Crippen LogP contribution in [0.3, 0.4) is 0 Å². The third kappa shape index (κ3) is 7.15. The molecule has 0 aromatic heterocycles. The molecule has 0 heterocycles. The van der Waals surface area contributed by atoms with Crippen molar-refractivity contribution in [2.24, 2.45) is 11.7 Å². The van der Waals surface area contributed by atoms with Gasteiger partial charge in [-0.25, -0.2) is 0 Å². The molecule has 0 bridgehead atoms. The Morgan fingerprint density at radius 2 is 2.08 bits per heavy atom. The van der Waals surface area contributed by atoms with Crippen LogP contribution in [0.15, 0.2) is 18.2 Å². The normalized spacial score (nSPS) is 14.3. The molecule has 0 aliphatic carbocycles. The summed E-state index contributed by atoms with van der Waals surface area (Å²) in [5.41, 5.74) is 6.84. The third-order valence-electron chi connectivity index (χ3n) is 4.70. The minimum Gasteiger partial charge on any atom is -0.489 e. The molecule has 26 heavy (non-hydrogen) atoms. The van der Waals surface area contributed by atoms with Crippen molar-refractivity contribution in [1.29, 1.82) is 5.26 Å². The third-order valence-corrected chi connectivity index (χ3v) is 4.70. The van der Waals surface area contributed by atoms with Crippen LogP contribution in [0.5, 0.6) is 5.75 Å². The minimum absolute atomic E-state index is 0.0239. The number of aliphatic hydroxyl groups excluding tert-OH is 1. The number of hydrogen-bond donors (Lipinski definition) is 2. The molecule has 3 unspecified atom stereocenters. The van der Waals surface area contributed by atoms with E-state index in [1.165, 1.54) is 0 Å². The van der Waals surface area contributed by atoms with Gasteiger partial charge in [0.05, 0.1) is 5.56 Å². The molecule has 0 aliphatic heterocycles. The Kier molecular flexibility index (Phi) is 9.93. The van der Waals surface area contributed by atoms with Crippen LogP contribution in [0.1, 0.15) is 75.2 Å². The molecule has 5 nitrogen and oxygen atoms in total. The first-order valence-corrected chi connectivity index (χ1v) is 9.56. The summed E-state index contributed by atoms with van der Waals surface area (Å²) >= 11 is 0. The molecule has 1 aromatic carbocycles. The summed E-state index contributed by atoms with van der Waals surface area (Å²) < 4.78 is 5.60. The highest BCUT2D eigenvalue weighted by atomic mass is 16.5. The van der Waals surface area contributed by atoms with E-state index in [-0.39, 0.29) is 18.4 Å². The first-order valence-electron chi connectivity index (χ1n) is 9.56. The predicted octanol–water partition coefficient (Wildman–Crippen LogP) is 3.82. The molecule has 0 fully saturated rings. The second-order valence-corrected chi connectivity index (χ2v) is 6.99. The van der Waals surface area contributed by atoms with Gasteiger partial charge >= 0.3 is 0 Å². The highest BCUT2D eigenvalue weighted by Gasteiger charge is 2.19. The second kappa shape index (κ2) is 11.7. The Balaban J connectivity index is 2.67. The molecule has 1 rings (SSSR count). The molecule has 0 aliphatic rings. The van der Waals surface area contributed by atoms with Crippen molar-refractivity contribution < 1.29 is 14.6 Å². The molecule has 3 atom stereocenters. The van der Waals surface area contributed by atoms with Gasteiger partial charge < -0.3 is 15.6 Å². The molecule has 144 valence electrons. The standard InChI is InChI=1S/C21H32N2O3/c1-4-6-7-8-19(24)16-9-10-21(17(12-16)13-22)26-14-20(25)18(23)11-15(3)5-2/h9-10,12,15,18,20,25H,4-8,11,14,23H2,1-3H3. The number of carbonyl (C=O) groups excluding carboxylic acids is 1. The fraction of sp³-hybridized carbons (Fsp3) is 0.619. The van der Waals surface area contributed by atoms with Crippen molar-refractivity contribution in [2.75, 3.05) is 6.61 Å². The van der Waals surface area contributed by atoms with E-state index < -0.39 is 6.10 Å². The van der Waals surface area contributed by atoms with Crippen LogP contribution in [0.25, 0.3) is 0 Å². The Hall–Kier alpha value is -1.90. The number of ketones is 1. The summed E-state index contributed by atoms with van der Waals surface area (Å²) in [4.78, 5) is 12.2. The van der Waals surface area contributed by atoms with E-state index in [9.17, 15) is 15.2 Å². The largest absolute Gasteiger partial charge is 0.489 e. The van der Waals surface area contributed by atoms with Gasteiger partial charge in [-0.15, -0.1) is 0 Å². The van der Waals surface area contributed by atoms with Crippen LogP contribution in [-0.2, 0) is 0 Å². The number of unbranched alkanes of at least 4 members (excludes halogenated alkanes) is 2. The number of benzene rings is 1. The van der Waals surface area contributed by atoms with E-state index in [1.54, 1.807) is 18.2 Å². The molecule has 1 aromatic rings. The first-order chi connectivity index (χ1) is 12.4. The van der Waals surface area contributed by atoms with Gasteiger partial charge in [-0.05, 0) is 37.0 Å². The van der Waals surface area contributed by atoms with Crippen LogP contribution < -0.4 is 10.5 Å². The monoisotopic (exact) mass is 360 g/mol. The summed E-state index contributed by atoms with van der Waals surface area (Å²) in [6, 6.07) is 6.56. The maximum atomic E-state index is 12.2. The molecular weight excluding hydrogens is 328 g/mol. The Morgan fingerprint density at radius 3 is 2.69 bits per heavy atom. The Bertz CT molecular complexity index is 610. The molecule has 3 N–H and O–H groups in total. The summed E-state index contributed by atoms with van der Waals surface area (Å²) in [5.74, 6) is 0.844. The first kappa shape index (κ1) is 22.1. The number of ether oxygens (including phenoxy) is 1. The quantitative estimate of drug-likeness (QED) is 0.436. The molecule has 0 radical (unpaired) electrons. The SMILES string of the molecule is CCCCCC(=O)c1ccc(OCC(O)C(N)CC(C)CC)c(C#N)c1. The van der Waals surface area contributed by atoms with E-state index in [4.69, 9.17) is 10.5 Å². The molecule has 5 heteroatoms. The zero-order chi connectivity index (χ0) is 19.5. The number of nitriles is 1. The number of hydrogen-bond acceptors (Lipinski definition) is 5. The van der Waals surface area contributed by atoms with E-state index in [2.05, 4.69) is 26.8 Å². The lowest BCUT2D eigenvalue weighted by Crippen LogP contribution is -2.40. The average Bonchev–Trinajstić information content (AvgIpc) is 2.65. The van der Waals surface area contributed by atoms with Crippen molar-refractivity contribution in [3.8, 4) is 11.8 Å². The fourth-order valence-electron chi connectivity index (χ4n) is 2.68. The highest BCUT2D eigenvalue weighted by Crippen LogP contribution is 2.21. The van der Waals surface area contributed by atoms with E-state index in [1.807, 2.05) is 0 Å². The maximum absolute atomic E-state index is 12.2. The second-order valence-electron chi connectivity index (χ2n) is 6.99. The van der Waals surface area contributed by atoms with Gasteiger partial charge in [0, 0.05) is 18.0 Å². The van der Waals surface area contributed by atoms with Gasteiger partial charge in [0.25, 0.3) is 0 Å². The van der Waals surface area contributed by atoms with Crippen LogP contribution >= 0.6 is 0 Å². The van der Waals surface area contributed by atoms with Crippen molar-refractivity contribution in [3.05, 3.63) is 29.3 Å². The lowest BCUT2D eigenvalue weighted by atomic mass is 9.97. The Labute approximate surface area is 157 Å². The summed E-state index contributed by atoms with van der Waals surface area (Å²) in [7, 11) is 0. The van der Waals surface area contributed by atoms with Crippen LogP contribution in [-0.4, -0.2) is 29.6 Å². The molecule has 0 saturated carbocycles. The van der Waals surface area contributed by atoms with Gasteiger partial charge in [0.15, 0.2) is 5.78 Å². The van der Waals surface area contributed by atoms with E-state index in [0.29, 0.717) is 29.2 Å². The zero-order valence-corrected chi connectivity index (χ0v) is 16.2. The number of aliphatic hydroxyl groups is 1. The Morgan fingerprint density at radius 1 is 1.35 bits per heavy atom. The van der Waals surface area contributed by atoms with E-state index >= 15 is 0 Å². The number of rotatable bonds is 12. The van der Waals surface area contributed by atoms with Crippen molar-refractivity contribution >= 4 is 5.78 Å². The minimum atomic E-state index is -0.800. The van der Waals surface area contributed by atoms with Crippen molar-refractivity contribution in [3.63, 3.8) is 0 Å². The summed E-state index contributed by atoms with van der Waals surface area (Å²) in [6.07, 6.45) is 4.35. The smallest absolute Gasteiger partial charge is 0.162 e. The van der Waals surface area contributed by atoms with Crippen LogP contribution in [0.2, 0.25) is 0 Å². The van der Waals surface area contributed by atoms with Gasteiger partial charge in [0.1, 0.15) is 24.5 Å². The lowest BCUT2D eigenvalue weighted by molar-refractivity contribution is 0.0777. The van der Waals surface area contributed by atoms with Crippen LogP contribution in [0, 0.1) is 17.2 Å². The van der Waals surface area contributed by atoms with Gasteiger partial charge in [-0.3, -0.25) is 4.79 Å². The maximum Gasteiger partial charge on any atom is 0.162 e. The number of carbonyl (C=O) groups is 1. The zero-order valence-electron chi connectivity index (χ0n) is 16.2. The molecular formula is C21H32N2O3.